The second-order valence-corrected chi connectivity index (χ2v) is 8.11. The Balaban J connectivity index is 1.61. The SMILES string of the molecule is COc1ccc2[nH]c(C)c(CCN=C3C[C@H](c4ccccc4)CC(O)=C3C(C)=O)c2c1. The summed E-state index contributed by atoms with van der Waals surface area (Å²) in [6, 6.07) is 16.1. The number of methoxy groups -OCH3 is 1. The van der Waals surface area contributed by atoms with Gasteiger partial charge < -0.3 is 14.8 Å². The number of rotatable bonds is 6. The van der Waals surface area contributed by atoms with Crippen molar-refractivity contribution in [3.8, 4) is 5.75 Å². The summed E-state index contributed by atoms with van der Waals surface area (Å²) in [6.07, 6.45) is 1.87. The van der Waals surface area contributed by atoms with Gasteiger partial charge in [-0.2, -0.15) is 0 Å². The maximum atomic E-state index is 12.2. The van der Waals surface area contributed by atoms with E-state index in [0.717, 1.165) is 34.3 Å². The number of aliphatic hydroxyl groups is 1. The number of nitrogens with zero attached hydrogens (tertiary/aromatic N) is 1. The Labute approximate surface area is 182 Å². The molecule has 1 heterocycles. The quantitative estimate of drug-likeness (QED) is 0.561. The van der Waals surface area contributed by atoms with E-state index in [0.29, 0.717) is 30.7 Å². The molecular formula is C26H28N2O3. The Morgan fingerprint density at radius 1 is 1.19 bits per heavy atom. The molecule has 0 saturated heterocycles. The predicted octanol–water partition coefficient (Wildman–Crippen LogP) is 5.45. The number of carbonyl (C=O) groups is 1. The highest BCUT2D eigenvalue weighted by atomic mass is 16.5. The molecule has 0 radical (unpaired) electrons. The van der Waals surface area contributed by atoms with Crippen molar-refractivity contribution in [1.82, 2.24) is 4.98 Å². The van der Waals surface area contributed by atoms with Gasteiger partial charge in [0.05, 0.1) is 12.7 Å². The highest BCUT2D eigenvalue weighted by Crippen LogP contribution is 2.34. The van der Waals surface area contributed by atoms with E-state index in [1.54, 1.807) is 7.11 Å². The van der Waals surface area contributed by atoms with Crippen LogP contribution in [0.25, 0.3) is 10.9 Å². The first kappa shape index (κ1) is 20.9. The molecule has 0 spiro atoms. The summed E-state index contributed by atoms with van der Waals surface area (Å²) in [5, 5.41) is 11.8. The van der Waals surface area contributed by atoms with Gasteiger partial charge in [0.2, 0.25) is 0 Å². The highest BCUT2D eigenvalue weighted by Gasteiger charge is 2.29. The van der Waals surface area contributed by atoms with Gasteiger partial charge in [0.15, 0.2) is 5.78 Å². The van der Waals surface area contributed by atoms with Crippen molar-refractivity contribution < 1.29 is 14.6 Å². The van der Waals surface area contributed by atoms with Crippen LogP contribution in [0.2, 0.25) is 0 Å². The number of ketones is 1. The lowest BCUT2D eigenvalue weighted by molar-refractivity contribution is -0.113. The first-order valence-electron chi connectivity index (χ1n) is 10.6. The number of nitrogens with one attached hydrogen (secondary N) is 1. The van der Waals surface area contributed by atoms with E-state index in [-0.39, 0.29) is 17.5 Å². The molecule has 1 aliphatic carbocycles. The van der Waals surface area contributed by atoms with Gasteiger partial charge in [0.1, 0.15) is 11.5 Å². The molecule has 31 heavy (non-hydrogen) atoms. The number of aromatic amines is 1. The number of aromatic nitrogens is 1. The summed E-state index contributed by atoms with van der Waals surface area (Å²) in [5.74, 6) is 0.973. The van der Waals surface area contributed by atoms with Crippen molar-refractivity contribution in [2.24, 2.45) is 4.99 Å². The van der Waals surface area contributed by atoms with Gasteiger partial charge in [-0.05, 0) is 61.9 Å². The number of benzene rings is 2. The number of aryl methyl sites for hydroxylation is 1. The minimum atomic E-state index is -0.129. The van der Waals surface area contributed by atoms with Crippen LogP contribution in [0, 0.1) is 6.92 Å². The zero-order chi connectivity index (χ0) is 22.0. The predicted molar refractivity (Wildman–Crippen MR) is 124 cm³/mol. The molecule has 2 aromatic carbocycles. The van der Waals surface area contributed by atoms with Crippen molar-refractivity contribution in [3.05, 3.63) is 76.7 Å². The van der Waals surface area contributed by atoms with E-state index in [1.807, 2.05) is 36.4 Å². The zero-order valence-corrected chi connectivity index (χ0v) is 18.2. The van der Waals surface area contributed by atoms with E-state index >= 15 is 0 Å². The van der Waals surface area contributed by atoms with E-state index in [4.69, 9.17) is 9.73 Å². The molecular weight excluding hydrogens is 388 g/mol. The molecule has 0 fully saturated rings. The Kier molecular flexibility index (Phi) is 5.94. The molecule has 0 unspecified atom stereocenters. The highest BCUT2D eigenvalue weighted by molar-refractivity contribution is 6.22. The molecule has 0 amide bonds. The third-order valence-corrected chi connectivity index (χ3v) is 6.07. The van der Waals surface area contributed by atoms with Gasteiger partial charge in [0.25, 0.3) is 0 Å². The van der Waals surface area contributed by atoms with Crippen molar-refractivity contribution in [1.29, 1.82) is 0 Å². The number of H-pyrrole nitrogens is 1. The van der Waals surface area contributed by atoms with E-state index in [9.17, 15) is 9.90 Å². The van der Waals surface area contributed by atoms with Gasteiger partial charge in [-0.25, -0.2) is 0 Å². The number of aliphatic hydroxyl groups excluding tert-OH is 1. The van der Waals surface area contributed by atoms with Crippen LogP contribution in [-0.2, 0) is 11.2 Å². The molecule has 5 nitrogen and oxygen atoms in total. The van der Waals surface area contributed by atoms with Gasteiger partial charge in [0, 0.05) is 35.3 Å². The fourth-order valence-corrected chi connectivity index (χ4v) is 4.53. The van der Waals surface area contributed by atoms with Crippen LogP contribution in [0.1, 0.15) is 42.5 Å². The number of Topliss-reactive ketones (excluding diaryl/α,β-unsaturated/α-hetero) is 1. The summed E-state index contributed by atoms with van der Waals surface area (Å²) in [6.45, 7) is 4.11. The fourth-order valence-electron chi connectivity index (χ4n) is 4.53. The number of carbonyl (C=O) groups excluding carboxylic acids is 1. The number of hydrogen-bond donors (Lipinski definition) is 2. The molecule has 1 atom stereocenters. The molecule has 0 aliphatic heterocycles. The number of fused-ring (bicyclic) bond motifs is 1. The minimum Gasteiger partial charge on any atom is -0.511 e. The van der Waals surface area contributed by atoms with Gasteiger partial charge in [-0.15, -0.1) is 0 Å². The van der Waals surface area contributed by atoms with E-state index in [2.05, 4.69) is 24.0 Å². The molecule has 1 aliphatic rings. The first-order valence-corrected chi connectivity index (χ1v) is 10.6. The molecule has 5 heteroatoms. The minimum absolute atomic E-state index is 0.127. The van der Waals surface area contributed by atoms with Crippen LogP contribution in [-0.4, -0.2) is 35.2 Å². The molecule has 160 valence electrons. The largest absolute Gasteiger partial charge is 0.511 e. The average Bonchev–Trinajstić information content (AvgIpc) is 3.08. The fraction of sp³-hybridized carbons (Fsp3) is 0.308. The third kappa shape index (κ3) is 4.26. The van der Waals surface area contributed by atoms with E-state index < -0.39 is 0 Å². The standard InChI is InChI=1S/C26H28N2O3/c1-16-21(22-15-20(31-3)9-10-23(22)28-16)11-12-27-24-13-19(18-7-5-4-6-8-18)14-25(30)26(24)17(2)29/h4-10,15,19,28,30H,11-14H2,1-3H3/t19-/m0/s1. The topological polar surface area (TPSA) is 74.7 Å². The summed E-state index contributed by atoms with van der Waals surface area (Å²) >= 11 is 0. The summed E-state index contributed by atoms with van der Waals surface area (Å²) in [4.78, 5) is 20.5. The van der Waals surface area contributed by atoms with Gasteiger partial charge >= 0.3 is 0 Å². The van der Waals surface area contributed by atoms with Crippen LogP contribution in [0.4, 0.5) is 0 Å². The Bertz CT molecular complexity index is 1170. The second kappa shape index (κ2) is 8.80. The normalized spacial score (nSPS) is 18.0. The van der Waals surface area contributed by atoms with Crippen LogP contribution in [0.5, 0.6) is 5.75 Å². The second-order valence-electron chi connectivity index (χ2n) is 8.11. The maximum absolute atomic E-state index is 12.2. The molecule has 2 N–H and O–H groups in total. The Morgan fingerprint density at radius 2 is 1.97 bits per heavy atom. The Hall–Kier alpha value is -3.34. The molecule has 0 saturated carbocycles. The summed E-state index contributed by atoms with van der Waals surface area (Å²) in [7, 11) is 1.67. The van der Waals surface area contributed by atoms with Crippen LogP contribution < -0.4 is 4.74 Å². The average molecular weight is 417 g/mol. The number of allylic oxidation sites excluding steroid dienone is 2. The molecule has 4 rings (SSSR count). The lowest BCUT2D eigenvalue weighted by Crippen LogP contribution is -2.23. The van der Waals surface area contributed by atoms with Crippen LogP contribution in [0.15, 0.2) is 64.9 Å². The van der Waals surface area contributed by atoms with Crippen molar-refractivity contribution in [3.63, 3.8) is 0 Å². The summed E-state index contributed by atoms with van der Waals surface area (Å²) < 4.78 is 5.38. The van der Waals surface area contributed by atoms with Gasteiger partial charge in [-0.1, -0.05) is 30.3 Å². The molecule has 1 aromatic heterocycles. The van der Waals surface area contributed by atoms with Crippen molar-refractivity contribution in [2.75, 3.05) is 13.7 Å². The van der Waals surface area contributed by atoms with Gasteiger partial charge in [-0.3, -0.25) is 9.79 Å². The summed E-state index contributed by atoms with van der Waals surface area (Å²) in [5.41, 5.74) is 5.64. The van der Waals surface area contributed by atoms with Crippen molar-refractivity contribution in [2.45, 2.75) is 39.0 Å². The van der Waals surface area contributed by atoms with Crippen molar-refractivity contribution >= 4 is 22.4 Å². The molecule has 3 aromatic rings. The lowest BCUT2D eigenvalue weighted by Gasteiger charge is -2.25. The lowest BCUT2D eigenvalue weighted by atomic mass is 9.81. The molecule has 0 bridgehead atoms. The third-order valence-electron chi connectivity index (χ3n) is 6.07. The van der Waals surface area contributed by atoms with Crippen LogP contribution >= 0.6 is 0 Å². The zero-order valence-electron chi connectivity index (χ0n) is 18.2. The number of ether oxygens (including phenoxy) is 1. The van der Waals surface area contributed by atoms with E-state index in [1.165, 1.54) is 12.5 Å². The Morgan fingerprint density at radius 3 is 2.68 bits per heavy atom. The van der Waals surface area contributed by atoms with Crippen LogP contribution in [0.3, 0.4) is 0 Å². The maximum Gasteiger partial charge on any atom is 0.164 e. The first-order chi connectivity index (χ1) is 15.0. The number of aliphatic imine (C=N–C) groups is 1. The smallest absolute Gasteiger partial charge is 0.164 e. The monoisotopic (exact) mass is 416 g/mol. The number of hydrogen-bond acceptors (Lipinski definition) is 4.